The number of carboxylic acid groups (broad SMARTS) is 1. The van der Waals surface area contributed by atoms with Crippen LogP contribution in [-0.2, 0) is 4.79 Å². The van der Waals surface area contributed by atoms with Crippen LogP contribution in [-0.4, -0.2) is 33.5 Å². The molecule has 0 rings (SSSR count). The van der Waals surface area contributed by atoms with Gasteiger partial charge in [-0.05, 0) is 44.9 Å². The van der Waals surface area contributed by atoms with Crippen molar-refractivity contribution < 1.29 is 20.1 Å². The van der Waals surface area contributed by atoms with Crippen LogP contribution in [0, 0.1) is 0 Å². The van der Waals surface area contributed by atoms with Gasteiger partial charge in [-0.3, -0.25) is 4.79 Å². The molecule has 0 saturated heterocycles. The van der Waals surface area contributed by atoms with Crippen LogP contribution in [0.4, 0.5) is 0 Å². The molecule has 0 radical (unpaired) electrons. The van der Waals surface area contributed by atoms with Gasteiger partial charge in [0.2, 0.25) is 0 Å². The number of hydrogen-bond donors (Lipinski definition) is 3. The smallest absolute Gasteiger partial charge is 0.303 e. The maximum Gasteiger partial charge on any atom is 0.303 e. The van der Waals surface area contributed by atoms with E-state index in [1.807, 2.05) is 43.4 Å². The zero-order chi connectivity index (χ0) is 19.5. The van der Waals surface area contributed by atoms with Crippen LogP contribution >= 0.6 is 0 Å². The van der Waals surface area contributed by atoms with Gasteiger partial charge < -0.3 is 15.3 Å². The van der Waals surface area contributed by atoms with E-state index in [-0.39, 0.29) is 6.42 Å². The molecule has 0 aromatic heterocycles. The van der Waals surface area contributed by atoms with E-state index >= 15 is 0 Å². The maximum atomic E-state index is 10.3. The zero-order valence-corrected chi connectivity index (χ0v) is 15.8. The van der Waals surface area contributed by atoms with Crippen molar-refractivity contribution in [1.82, 2.24) is 0 Å². The molecule has 146 valence electrons. The fourth-order valence-corrected chi connectivity index (χ4v) is 2.09. The van der Waals surface area contributed by atoms with Crippen LogP contribution in [0.5, 0.6) is 0 Å². The summed E-state index contributed by atoms with van der Waals surface area (Å²) in [4.78, 5) is 10.3. The highest BCUT2D eigenvalue weighted by atomic mass is 16.4. The molecule has 0 aliphatic rings. The minimum Gasteiger partial charge on any atom is -0.481 e. The molecule has 0 amide bonds. The molecule has 2 atom stereocenters. The molecule has 0 bridgehead atoms. The molecule has 0 heterocycles. The summed E-state index contributed by atoms with van der Waals surface area (Å²) in [5, 5.41) is 28.1. The lowest BCUT2D eigenvalue weighted by atomic mass is 10.1. The highest BCUT2D eigenvalue weighted by molar-refractivity contribution is 5.66. The predicted molar refractivity (Wildman–Crippen MR) is 108 cm³/mol. The lowest BCUT2D eigenvalue weighted by molar-refractivity contribution is -0.136. The van der Waals surface area contributed by atoms with Crippen LogP contribution in [0.1, 0.15) is 58.3 Å². The van der Waals surface area contributed by atoms with Crippen LogP contribution in [0.3, 0.4) is 0 Å². The maximum absolute atomic E-state index is 10.3. The van der Waals surface area contributed by atoms with Gasteiger partial charge in [-0.15, -0.1) is 0 Å². The molecule has 0 aliphatic carbocycles. The molecule has 0 spiro atoms. The second kappa shape index (κ2) is 17.9. The minimum atomic E-state index is -0.765. The Morgan fingerprint density at radius 3 is 1.62 bits per heavy atom. The van der Waals surface area contributed by atoms with Gasteiger partial charge in [-0.2, -0.15) is 0 Å². The number of aliphatic hydroxyl groups is 2. The predicted octanol–water partition coefficient (Wildman–Crippen LogP) is 4.71. The topological polar surface area (TPSA) is 77.8 Å². The van der Waals surface area contributed by atoms with E-state index in [0.29, 0.717) is 19.3 Å². The standard InChI is InChI=1S/C22H34O4/c1-2-3-14-17-20(23)21(24)18-15-12-10-8-6-4-5-7-9-11-13-16-19-22(25)26/h3,5-8,11-15,20-21,23-24H,2,4,9-10,16-19H2,1H3,(H,25,26)/b7-5+,8-6+,13-11+,14-3+,15-12+/t20-,21+/m1/s1. The lowest BCUT2D eigenvalue weighted by Crippen LogP contribution is -2.24. The van der Waals surface area contributed by atoms with Crippen molar-refractivity contribution in [3.8, 4) is 0 Å². The SMILES string of the molecule is CC/C=C/C[C@@H](O)[C@@H](O)C/C=C/C/C=C/C/C=C/C/C=C/CCC(=O)O. The van der Waals surface area contributed by atoms with Gasteiger partial charge in [-0.25, -0.2) is 0 Å². The number of aliphatic carboxylic acids is 1. The van der Waals surface area contributed by atoms with Gasteiger partial charge in [0, 0.05) is 6.42 Å². The molecule has 0 aliphatic heterocycles. The number of rotatable bonds is 15. The van der Waals surface area contributed by atoms with E-state index < -0.39 is 18.2 Å². The fraction of sp³-hybridized carbons (Fsp3) is 0.500. The third-order valence-corrected chi connectivity index (χ3v) is 3.61. The number of carboxylic acids is 1. The van der Waals surface area contributed by atoms with Crippen LogP contribution < -0.4 is 0 Å². The second-order valence-electron chi connectivity index (χ2n) is 6.01. The summed E-state index contributed by atoms with van der Waals surface area (Å²) in [7, 11) is 0. The van der Waals surface area contributed by atoms with Gasteiger partial charge >= 0.3 is 5.97 Å². The molecule has 0 saturated carbocycles. The Morgan fingerprint density at radius 1 is 0.731 bits per heavy atom. The summed E-state index contributed by atoms with van der Waals surface area (Å²) in [6, 6.07) is 0. The Labute approximate surface area is 157 Å². The highest BCUT2D eigenvalue weighted by Gasteiger charge is 2.12. The largest absolute Gasteiger partial charge is 0.481 e. The van der Waals surface area contributed by atoms with Crippen molar-refractivity contribution in [2.24, 2.45) is 0 Å². The van der Waals surface area contributed by atoms with Crippen molar-refractivity contribution in [3.05, 3.63) is 60.8 Å². The molecular formula is C22H34O4. The first-order valence-electron chi connectivity index (χ1n) is 9.40. The van der Waals surface area contributed by atoms with Crippen LogP contribution in [0.25, 0.3) is 0 Å². The molecule has 3 N–H and O–H groups in total. The third kappa shape index (κ3) is 16.9. The quantitative estimate of drug-likeness (QED) is 0.369. The summed E-state index contributed by atoms with van der Waals surface area (Å²) in [6.07, 6.45) is 23.6. The van der Waals surface area contributed by atoms with Crippen LogP contribution in [0.2, 0.25) is 0 Å². The van der Waals surface area contributed by atoms with Crippen molar-refractivity contribution in [1.29, 1.82) is 0 Å². The van der Waals surface area contributed by atoms with Crippen molar-refractivity contribution >= 4 is 5.97 Å². The summed E-state index contributed by atoms with van der Waals surface area (Å²) in [5.74, 6) is -0.765. The average Bonchev–Trinajstić information content (AvgIpc) is 2.61. The van der Waals surface area contributed by atoms with Gasteiger partial charge in [0.15, 0.2) is 0 Å². The normalized spacial score (nSPS) is 15.2. The number of carbonyl (C=O) groups is 1. The molecule has 26 heavy (non-hydrogen) atoms. The van der Waals surface area contributed by atoms with Gasteiger partial charge in [0.25, 0.3) is 0 Å². The number of hydrogen-bond acceptors (Lipinski definition) is 3. The average molecular weight is 363 g/mol. The second-order valence-corrected chi connectivity index (χ2v) is 6.01. The minimum absolute atomic E-state index is 0.183. The van der Waals surface area contributed by atoms with Crippen molar-refractivity contribution in [3.63, 3.8) is 0 Å². The van der Waals surface area contributed by atoms with E-state index in [0.717, 1.165) is 25.7 Å². The summed E-state index contributed by atoms with van der Waals surface area (Å²) in [6.45, 7) is 2.04. The lowest BCUT2D eigenvalue weighted by Gasteiger charge is -2.14. The Kier molecular flexibility index (Phi) is 16.6. The zero-order valence-electron chi connectivity index (χ0n) is 15.8. The van der Waals surface area contributed by atoms with E-state index in [4.69, 9.17) is 5.11 Å². The van der Waals surface area contributed by atoms with E-state index in [2.05, 4.69) is 24.3 Å². The Balaban J connectivity index is 3.70. The third-order valence-electron chi connectivity index (χ3n) is 3.61. The monoisotopic (exact) mass is 362 g/mol. The number of aliphatic hydroxyl groups excluding tert-OH is 2. The Morgan fingerprint density at radius 2 is 1.15 bits per heavy atom. The molecule has 0 unspecified atom stereocenters. The number of allylic oxidation sites excluding steroid dienone is 8. The molecule has 0 fully saturated rings. The first-order valence-corrected chi connectivity index (χ1v) is 9.40. The van der Waals surface area contributed by atoms with Crippen molar-refractivity contribution in [2.75, 3.05) is 0 Å². The van der Waals surface area contributed by atoms with Crippen LogP contribution in [0.15, 0.2) is 60.8 Å². The molecule has 4 heteroatoms. The Bertz CT molecular complexity index is 486. The van der Waals surface area contributed by atoms with Gasteiger partial charge in [0.1, 0.15) is 0 Å². The van der Waals surface area contributed by atoms with E-state index in [1.165, 1.54) is 0 Å². The summed E-state index contributed by atoms with van der Waals surface area (Å²) in [5.41, 5.74) is 0. The van der Waals surface area contributed by atoms with Gasteiger partial charge in [-0.1, -0.05) is 67.7 Å². The summed E-state index contributed by atoms with van der Waals surface area (Å²) < 4.78 is 0. The van der Waals surface area contributed by atoms with E-state index in [9.17, 15) is 15.0 Å². The summed E-state index contributed by atoms with van der Waals surface area (Å²) >= 11 is 0. The first kappa shape index (κ1) is 24.1. The molecular weight excluding hydrogens is 328 g/mol. The fourth-order valence-electron chi connectivity index (χ4n) is 2.09. The van der Waals surface area contributed by atoms with Crippen molar-refractivity contribution in [2.45, 2.75) is 70.5 Å². The molecule has 0 aromatic carbocycles. The Hall–Kier alpha value is -1.91. The molecule has 0 aromatic rings. The van der Waals surface area contributed by atoms with E-state index in [1.54, 1.807) is 0 Å². The highest BCUT2D eigenvalue weighted by Crippen LogP contribution is 2.06. The first-order chi connectivity index (χ1) is 12.6. The van der Waals surface area contributed by atoms with Gasteiger partial charge in [0.05, 0.1) is 12.2 Å². The molecule has 4 nitrogen and oxygen atoms in total.